The van der Waals surface area contributed by atoms with Gasteiger partial charge in [0.05, 0.1) is 6.61 Å². The molecular weight excluding hydrogens is 524 g/mol. The van der Waals surface area contributed by atoms with Crippen molar-refractivity contribution in [3.63, 3.8) is 0 Å². The second-order valence-electron chi connectivity index (χ2n) is 10.4. The van der Waals surface area contributed by atoms with E-state index in [1.807, 2.05) is 122 Å². The summed E-state index contributed by atoms with van der Waals surface area (Å²) in [6, 6.07) is 35.4. The standard InChI is InChI=1S/C36H36N2O4/c1-27-11-8-14-29(25-27)26-37-35(40)36(22-9-15-28-12-4-2-5-13-28)33(30-16-6-3-7-17-30)42-34(38-36)31-18-20-32(21-19-31)41-24-10-23-39/h2-9,11-21,25,33,39H,10,22-24,26H2,1H3,(H,37,40)/b15-9+/t33-,36-/m1/s1. The van der Waals surface area contributed by atoms with Gasteiger partial charge in [0.2, 0.25) is 5.90 Å². The first-order valence-electron chi connectivity index (χ1n) is 14.3. The second-order valence-corrected chi connectivity index (χ2v) is 10.4. The highest BCUT2D eigenvalue weighted by Gasteiger charge is 2.52. The molecule has 0 fully saturated rings. The van der Waals surface area contributed by atoms with E-state index < -0.39 is 11.6 Å². The minimum absolute atomic E-state index is 0.0797. The summed E-state index contributed by atoms with van der Waals surface area (Å²) in [5.74, 6) is 0.900. The molecule has 0 saturated carbocycles. The van der Waals surface area contributed by atoms with Gasteiger partial charge in [-0.25, -0.2) is 4.99 Å². The average molecular weight is 561 g/mol. The molecular formula is C36H36N2O4. The number of aliphatic imine (C=N–C) groups is 1. The van der Waals surface area contributed by atoms with Gasteiger partial charge in [0, 0.05) is 31.6 Å². The molecule has 5 rings (SSSR count). The van der Waals surface area contributed by atoms with Crippen LogP contribution in [0, 0.1) is 6.92 Å². The molecule has 6 heteroatoms. The van der Waals surface area contributed by atoms with Gasteiger partial charge in [-0.05, 0) is 47.9 Å². The summed E-state index contributed by atoms with van der Waals surface area (Å²) in [6.07, 6.45) is 4.29. The number of ether oxygens (including phenoxy) is 2. The fourth-order valence-corrected chi connectivity index (χ4v) is 5.04. The lowest BCUT2D eigenvalue weighted by Gasteiger charge is -2.30. The molecule has 0 spiro atoms. The molecule has 6 nitrogen and oxygen atoms in total. The molecule has 4 aromatic rings. The number of nitrogens with one attached hydrogen (secondary N) is 1. The van der Waals surface area contributed by atoms with E-state index in [4.69, 9.17) is 19.6 Å². The molecule has 0 saturated heterocycles. The van der Waals surface area contributed by atoms with Crippen molar-refractivity contribution in [3.05, 3.63) is 143 Å². The molecule has 2 atom stereocenters. The zero-order valence-electron chi connectivity index (χ0n) is 23.8. The SMILES string of the molecule is Cc1cccc(CNC(=O)[C@]2(C/C=C/c3ccccc3)N=C(c3ccc(OCCCO)cc3)O[C@@H]2c2ccccc2)c1. The Morgan fingerprint density at radius 2 is 1.71 bits per heavy atom. The third-order valence-electron chi connectivity index (χ3n) is 7.21. The number of aliphatic hydroxyl groups excluding tert-OH is 1. The molecule has 0 aromatic heterocycles. The van der Waals surface area contributed by atoms with Crippen LogP contribution in [-0.2, 0) is 16.1 Å². The molecule has 214 valence electrons. The van der Waals surface area contributed by atoms with Crippen LogP contribution in [0.15, 0.2) is 120 Å². The minimum Gasteiger partial charge on any atom is -0.494 e. The van der Waals surface area contributed by atoms with Crippen LogP contribution < -0.4 is 10.1 Å². The number of benzene rings is 4. The Morgan fingerprint density at radius 3 is 2.43 bits per heavy atom. The first kappa shape index (κ1) is 28.8. The van der Waals surface area contributed by atoms with E-state index in [9.17, 15) is 4.79 Å². The Morgan fingerprint density at radius 1 is 0.976 bits per heavy atom. The number of hydrogen-bond donors (Lipinski definition) is 2. The van der Waals surface area contributed by atoms with Crippen molar-refractivity contribution in [2.24, 2.45) is 4.99 Å². The van der Waals surface area contributed by atoms with Crippen LogP contribution in [0.4, 0.5) is 0 Å². The topological polar surface area (TPSA) is 80.2 Å². The van der Waals surface area contributed by atoms with Crippen molar-refractivity contribution in [2.75, 3.05) is 13.2 Å². The number of aliphatic hydroxyl groups is 1. The van der Waals surface area contributed by atoms with Crippen molar-refractivity contribution in [3.8, 4) is 5.75 Å². The van der Waals surface area contributed by atoms with Gasteiger partial charge in [0.1, 0.15) is 5.75 Å². The van der Waals surface area contributed by atoms with Gasteiger partial charge in [-0.3, -0.25) is 4.79 Å². The third-order valence-corrected chi connectivity index (χ3v) is 7.21. The molecule has 0 radical (unpaired) electrons. The van der Waals surface area contributed by atoms with Crippen LogP contribution in [0.5, 0.6) is 5.75 Å². The largest absolute Gasteiger partial charge is 0.494 e. The number of carbonyl (C=O) groups excluding carboxylic acids is 1. The Kier molecular flexibility index (Phi) is 9.47. The molecule has 0 aliphatic carbocycles. The quantitative estimate of drug-likeness (QED) is 0.196. The van der Waals surface area contributed by atoms with E-state index in [1.165, 1.54) is 0 Å². The predicted octanol–water partition coefficient (Wildman–Crippen LogP) is 6.43. The van der Waals surface area contributed by atoms with E-state index in [1.54, 1.807) is 0 Å². The molecule has 2 N–H and O–H groups in total. The molecule has 0 unspecified atom stereocenters. The molecule has 0 bridgehead atoms. The van der Waals surface area contributed by atoms with Crippen molar-refractivity contribution in [2.45, 2.75) is 38.0 Å². The van der Waals surface area contributed by atoms with E-state index in [0.29, 0.717) is 37.6 Å². The van der Waals surface area contributed by atoms with Crippen LogP contribution in [0.3, 0.4) is 0 Å². The molecule has 1 aliphatic rings. The maximum Gasteiger partial charge on any atom is 0.252 e. The van der Waals surface area contributed by atoms with Gasteiger partial charge < -0.3 is 19.9 Å². The first-order chi connectivity index (χ1) is 20.6. The number of nitrogens with zero attached hydrogens (tertiary/aromatic N) is 1. The third kappa shape index (κ3) is 6.96. The van der Waals surface area contributed by atoms with Crippen LogP contribution in [0.25, 0.3) is 6.08 Å². The van der Waals surface area contributed by atoms with E-state index in [-0.39, 0.29) is 12.5 Å². The minimum atomic E-state index is -1.23. The maximum atomic E-state index is 14.3. The predicted molar refractivity (Wildman–Crippen MR) is 166 cm³/mol. The average Bonchev–Trinajstić information content (AvgIpc) is 3.42. The Labute approximate surface area is 247 Å². The summed E-state index contributed by atoms with van der Waals surface area (Å²) in [5.41, 5.74) is 3.60. The van der Waals surface area contributed by atoms with Crippen LogP contribution in [0.2, 0.25) is 0 Å². The summed E-state index contributed by atoms with van der Waals surface area (Å²) in [6.45, 7) is 2.94. The first-order valence-corrected chi connectivity index (χ1v) is 14.3. The summed E-state index contributed by atoms with van der Waals surface area (Å²) >= 11 is 0. The normalized spacial score (nSPS) is 18.0. The fraction of sp³-hybridized carbons (Fsp3) is 0.222. The fourth-order valence-electron chi connectivity index (χ4n) is 5.04. The summed E-state index contributed by atoms with van der Waals surface area (Å²) in [7, 11) is 0. The number of hydrogen-bond acceptors (Lipinski definition) is 5. The van der Waals surface area contributed by atoms with E-state index in [0.717, 1.165) is 27.8 Å². The summed E-state index contributed by atoms with van der Waals surface area (Å²) < 4.78 is 12.3. The van der Waals surface area contributed by atoms with Crippen molar-refractivity contribution in [1.29, 1.82) is 0 Å². The summed E-state index contributed by atoms with van der Waals surface area (Å²) in [4.78, 5) is 19.3. The van der Waals surface area contributed by atoms with Crippen molar-refractivity contribution >= 4 is 17.9 Å². The van der Waals surface area contributed by atoms with E-state index >= 15 is 0 Å². The van der Waals surface area contributed by atoms with E-state index in [2.05, 4.69) is 11.4 Å². The lowest BCUT2D eigenvalue weighted by atomic mass is 9.84. The van der Waals surface area contributed by atoms with Crippen LogP contribution >= 0.6 is 0 Å². The van der Waals surface area contributed by atoms with Gasteiger partial charge in [-0.1, -0.05) is 103 Å². The highest BCUT2D eigenvalue weighted by Crippen LogP contribution is 2.43. The molecule has 1 aliphatic heterocycles. The van der Waals surface area contributed by atoms with Crippen LogP contribution in [-0.4, -0.2) is 35.7 Å². The monoisotopic (exact) mass is 560 g/mol. The zero-order valence-corrected chi connectivity index (χ0v) is 23.8. The Bertz CT molecular complexity index is 1520. The number of aryl methyl sites for hydroxylation is 1. The lowest BCUT2D eigenvalue weighted by Crippen LogP contribution is -2.47. The van der Waals surface area contributed by atoms with Gasteiger partial charge in [-0.2, -0.15) is 0 Å². The summed E-state index contributed by atoms with van der Waals surface area (Å²) in [5, 5.41) is 12.2. The second kappa shape index (κ2) is 13.8. The highest BCUT2D eigenvalue weighted by atomic mass is 16.5. The highest BCUT2D eigenvalue weighted by molar-refractivity contribution is 6.01. The number of rotatable bonds is 12. The molecule has 1 amide bonds. The Balaban J connectivity index is 1.50. The number of amides is 1. The molecule has 4 aromatic carbocycles. The smallest absolute Gasteiger partial charge is 0.252 e. The van der Waals surface area contributed by atoms with Crippen molar-refractivity contribution < 1.29 is 19.4 Å². The van der Waals surface area contributed by atoms with Gasteiger partial charge >= 0.3 is 0 Å². The molecule has 1 heterocycles. The van der Waals surface area contributed by atoms with Crippen LogP contribution in [0.1, 0.15) is 46.8 Å². The Hall–Kier alpha value is -4.68. The van der Waals surface area contributed by atoms with Gasteiger partial charge in [0.25, 0.3) is 5.91 Å². The maximum absolute atomic E-state index is 14.3. The number of carbonyl (C=O) groups is 1. The lowest BCUT2D eigenvalue weighted by molar-refractivity contribution is -0.129. The van der Waals surface area contributed by atoms with Crippen molar-refractivity contribution in [1.82, 2.24) is 5.32 Å². The zero-order chi connectivity index (χ0) is 29.2. The van der Waals surface area contributed by atoms with Gasteiger partial charge in [-0.15, -0.1) is 0 Å². The molecule has 42 heavy (non-hydrogen) atoms. The van der Waals surface area contributed by atoms with Gasteiger partial charge in [0.15, 0.2) is 11.6 Å².